The van der Waals surface area contributed by atoms with Gasteiger partial charge in [-0.1, -0.05) is 26.7 Å². The fourth-order valence-electron chi connectivity index (χ4n) is 4.51. The monoisotopic (exact) mass is 431 g/mol. The molecule has 172 valence electrons. The second kappa shape index (κ2) is 10.0. The molecule has 1 saturated carbocycles. The van der Waals surface area contributed by atoms with Gasteiger partial charge in [0, 0.05) is 45.5 Å². The molecule has 1 atom stereocenters. The van der Waals surface area contributed by atoms with Gasteiger partial charge in [-0.2, -0.15) is 13.2 Å². The fourth-order valence-corrected chi connectivity index (χ4v) is 4.51. The molecule has 1 aliphatic carbocycles. The van der Waals surface area contributed by atoms with Gasteiger partial charge in [0.1, 0.15) is 5.82 Å². The smallest absolute Gasteiger partial charge is 0.374 e. The lowest BCUT2D eigenvalue weighted by Gasteiger charge is -2.31. The third-order valence-corrected chi connectivity index (χ3v) is 5.86. The van der Waals surface area contributed by atoms with Gasteiger partial charge in [0.2, 0.25) is 5.60 Å². The van der Waals surface area contributed by atoms with Crippen molar-refractivity contribution in [2.24, 2.45) is 23.4 Å². The largest absolute Gasteiger partial charge is 0.424 e. The molecular formula is C21H36F3N5O. The molecule has 1 heterocycles. The Hall–Kier alpha value is -1.77. The van der Waals surface area contributed by atoms with Crippen molar-refractivity contribution in [2.75, 3.05) is 19.6 Å². The third kappa shape index (κ3) is 5.89. The van der Waals surface area contributed by atoms with Crippen LogP contribution in [0.5, 0.6) is 0 Å². The van der Waals surface area contributed by atoms with Gasteiger partial charge in [-0.25, -0.2) is 4.98 Å². The number of imidazole rings is 1. The SMILES string of the molecule is CCNC(=NCC1(CC(C)C)CCCC1)NCCC(O)(c1nccn1C)C(F)(F)F. The van der Waals surface area contributed by atoms with E-state index in [9.17, 15) is 18.3 Å². The van der Waals surface area contributed by atoms with E-state index in [2.05, 4.69) is 29.5 Å². The number of hydrogen-bond acceptors (Lipinski definition) is 3. The van der Waals surface area contributed by atoms with E-state index in [0.29, 0.717) is 25.0 Å². The maximum atomic E-state index is 13.7. The van der Waals surface area contributed by atoms with Crippen molar-refractivity contribution in [3.8, 4) is 0 Å². The minimum absolute atomic E-state index is 0.0914. The summed E-state index contributed by atoms with van der Waals surface area (Å²) in [4.78, 5) is 8.43. The molecule has 0 bridgehead atoms. The van der Waals surface area contributed by atoms with Gasteiger partial charge in [0.05, 0.1) is 0 Å². The molecule has 0 radical (unpaired) electrons. The molecule has 1 aromatic heterocycles. The first-order valence-electron chi connectivity index (χ1n) is 10.8. The number of guanidine groups is 1. The van der Waals surface area contributed by atoms with Crippen molar-refractivity contribution < 1.29 is 18.3 Å². The van der Waals surface area contributed by atoms with Gasteiger partial charge in [-0.3, -0.25) is 4.99 Å². The van der Waals surface area contributed by atoms with Crippen LogP contribution in [0, 0.1) is 11.3 Å². The number of aliphatic hydroxyl groups is 1. The standard InChI is InChI=1S/C21H36F3N5O/c1-5-25-18(28-15-19(14-16(2)3)8-6-7-9-19)27-11-10-20(30,21(22,23)24)17-26-12-13-29(17)4/h12-13,16,30H,5-11,14-15H2,1-4H3,(H2,25,27,28). The maximum Gasteiger partial charge on any atom is 0.424 e. The summed E-state index contributed by atoms with van der Waals surface area (Å²) >= 11 is 0. The summed E-state index contributed by atoms with van der Waals surface area (Å²) in [7, 11) is 1.44. The second-order valence-corrected chi connectivity index (χ2v) is 8.90. The third-order valence-electron chi connectivity index (χ3n) is 5.86. The first-order chi connectivity index (χ1) is 14.0. The van der Waals surface area contributed by atoms with Gasteiger partial charge < -0.3 is 20.3 Å². The van der Waals surface area contributed by atoms with Crippen LogP contribution >= 0.6 is 0 Å². The summed E-state index contributed by atoms with van der Waals surface area (Å²) in [5.74, 6) is 0.644. The number of alkyl halides is 3. The quantitative estimate of drug-likeness (QED) is 0.412. The summed E-state index contributed by atoms with van der Waals surface area (Å²) in [6, 6.07) is 0. The number of nitrogens with one attached hydrogen (secondary N) is 2. The van der Waals surface area contributed by atoms with Gasteiger partial charge in [0.15, 0.2) is 5.96 Å². The number of aliphatic imine (C=N–C) groups is 1. The van der Waals surface area contributed by atoms with E-state index in [-0.39, 0.29) is 12.0 Å². The lowest BCUT2D eigenvalue weighted by atomic mass is 9.78. The highest BCUT2D eigenvalue weighted by Crippen LogP contribution is 2.43. The van der Waals surface area contributed by atoms with Crippen LogP contribution in [0.15, 0.2) is 17.4 Å². The maximum absolute atomic E-state index is 13.7. The average Bonchev–Trinajstić information content (AvgIpc) is 3.27. The van der Waals surface area contributed by atoms with E-state index in [1.165, 1.54) is 36.9 Å². The zero-order valence-electron chi connectivity index (χ0n) is 18.5. The Morgan fingerprint density at radius 1 is 1.30 bits per heavy atom. The predicted molar refractivity (Wildman–Crippen MR) is 112 cm³/mol. The van der Waals surface area contributed by atoms with Crippen LogP contribution in [0.4, 0.5) is 13.2 Å². The molecule has 6 nitrogen and oxygen atoms in total. The fraction of sp³-hybridized carbons (Fsp3) is 0.810. The zero-order valence-corrected chi connectivity index (χ0v) is 18.5. The van der Waals surface area contributed by atoms with Crippen molar-refractivity contribution in [2.45, 2.75) is 71.1 Å². The molecule has 1 aromatic rings. The van der Waals surface area contributed by atoms with Gasteiger partial charge in [-0.05, 0) is 37.5 Å². The predicted octanol–water partition coefficient (Wildman–Crippen LogP) is 3.72. The minimum atomic E-state index is -4.84. The van der Waals surface area contributed by atoms with Crippen LogP contribution in [-0.4, -0.2) is 46.4 Å². The van der Waals surface area contributed by atoms with Crippen LogP contribution in [0.25, 0.3) is 0 Å². The van der Waals surface area contributed by atoms with E-state index in [1.807, 2.05) is 6.92 Å². The molecule has 0 spiro atoms. The molecule has 2 rings (SSSR count). The molecule has 9 heteroatoms. The van der Waals surface area contributed by atoms with Crippen LogP contribution in [-0.2, 0) is 12.6 Å². The number of aromatic nitrogens is 2. The van der Waals surface area contributed by atoms with E-state index in [0.717, 1.165) is 19.3 Å². The lowest BCUT2D eigenvalue weighted by molar-refractivity contribution is -0.272. The number of rotatable bonds is 9. The van der Waals surface area contributed by atoms with Crippen molar-refractivity contribution in [3.05, 3.63) is 18.2 Å². The molecule has 1 fully saturated rings. The van der Waals surface area contributed by atoms with Gasteiger partial charge in [0.25, 0.3) is 0 Å². The van der Waals surface area contributed by atoms with E-state index in [4.69, 9.17) is 4.99 Å². The highest BCUT2D eigenvalue weighted by molar-refractivity contribution is 5.79. The van der Waals surface area contributed by atoms with Crippen LogP contribution in [0.3, 0.4) is 0 Å². The summed E-state index contributed by atoms with van der Waals surface area (Å²) < 4.78 is 42.2. The van der Waals surface area contributed by atoms with E-state index < -0.39 is 24.0 Å². The van der Waals surface area contributed by atoms with Crippen LogP contribution in [0.1, 0.15) is 65.1 Å². The Kier molecular flexibility index (Phi) is 8.19. The Morgan fingerprint density at radius 3 is 2.47 bits per heavy atom. The van der Waals surface area contributed by atoms with Crippen molar-refractivity contribution in [1.29, 1.82) is 0 Å². The molecule has 1 aliphatic rings. The summed E-state index contributed by atoms with van der Waals surface area (Å²) in [6.45, 7) is 7.50. The molecule has 0 aromatic carbocycles. The summed E-state index contributed by atoms with van der Waals surface area (Å²) in [5.41, 5.74) is -2.85. The highest BCUT2D eigenvalue weighted by Gasteiger charge is 2.57. The summed E-state index contributed by atoms with van der Waals surface area (Å²) in [5, 5.41) is 16.5. The van der Waals surface area contributed by atoms with Crippen molar-refractivity contribution in [1.82, 2.24) is 20.2 Å². The molecule has 30 heavy (non-hydrogen) atoms. The Labute approximate surface area is 177 Å². The first-order valence-corrected chi connectivity index (χ1v) is 10.8. The topological polar surface area (TPSA) is 74.5 Å². The van der Waals surface area contributed by atoms with Gasteiger partial charge in [-0.15, -0.1) is 0 Å². The van der Waals surface area contributed by atoms with Crippen LogP contribution in [0.2, 0.25) is 0 Å². The molecule has 0 saturated heterocycles. The average molecular weight is 432 g/mol. The molecule has 0 amide bonds. The molecule has 1 unspecified atom stereocenters. The summed E-state index contributed by atoms with van der Waals surface area (Å²) in [6.07, 6.45) is 3.02. The Balaban J connectivity index is 2.07. The van der Waals surface area contributed by atoms with Crippen molar-refractivity contribution >= 4 is 5.96 Å². The molecule has 3 N–H and O–H groups in total. The number of hydrogen-bond donors (Lipinski definition) is 3. The normalized spacial score (nSPS) is 19.2. The van der Waals surface area contributed by atoms with Crippen LogP contribution < -0.4 is 10.6 Å². The van der Waals surface area contributed by atoms with E-state index in [1.54, 1.807) is 0 Å². The van der Waals surface area contributed by atoms with E-state index >= 15 is 0 Å². The van der Waals surface area contributed by atoms with Crippen molar-refractivity contribution in [3.63, 3.8) is 0 Å². The second-order valence-electron chi connectivity index (χ2n) is 8.90. The molecular weight excluding hydrogens is 395 g/mol. The number of aryl methyl sites for hydroxylation is 1. The minimum Gasteiger partial charge on any atom is -0.374 e. The Morgan fingerprint density at radius 2 is 1.97 bits per heavy atom. The van der Waals surface area contributed by atoms with Gasteiger partial charge >= 0.3 is 6.18 Å². The first kappa shape index (κ1) is 24.5. The zero-order chi connectivity index (χ0) is 22.4. The number of nitrogens with zero attached hydrogens (tertiary/aromatic N) is 3. The lowest BCUT2D eigenvalue weighted by Crippen LogP contribution is -2.48. The number of halogens is 3. The highest BCUT2D eigenvalue weighted by atomic mass is 19.4. The Bertz CT molecular complexity index is 695. The molecule has 0 aliphatic heterocycles.